The molecule has 0 aliphatic carbocycles. The third kappa shape index (κ3) is 4.95. The molecule has 1 fully saturated rings. The molecule has 1 amide bonds. The van der Waals surface area contributed by atoms with Gasteiger partial charge in [-0.2, -0.15) is 4.98 Å². The lowest BCUT2D eigenvalue weighted by molar-refractivity contribution is 0.134. The largest absolute Gasteiger partial charge is 0.444 e. The van der Waals surface area contributed by atoms with E-state index in [1.165, 1.54) is 10.5 Å². The number of nitrogens with zero attached hydrogens (tertiary/aromatic N) is 4. The number of piperazine rings is 1. The Morgan fingerprint density at radius 3 is 2.68 bits per heavy atom. The van der Waals surface area contributed by atoms with Crippen molar-refractivity contribution in [1.29, 1.82) is 0 Å². The van der Waals surface area contributed by atoms with Crippen LogP contribution in [0.25, 0.3) is 0 Å². The molecule has 1 aromatic carbocycles. The molecule has 3 N–H and O–H groups in total. The normalized spacial score (nSPS) is 18.8. The highest BCUT2D eigenvalue weighted by molar-refractivity contribution is 5.89. The van der Waals surface area contributed by atoms with Crippen molar-refractivity contribution in [2.24, 2.45) is 0 Å². The number of aliphatic hydroxyl groups is 1. The first-order valence-corrected chi connectivity index (χ1v) is 10.8. The molecule has 4 rings (SSSR count). The first-order chi connectivity index (χ1) is 15.0. The number of benzene rings is 1. The van der Waals surface area contributed by atoms with Gasteiger partial charge in [-0.3, -0.25) is 9.80 Å². The SMILES string of the molecule is C[C@H](Nc1ncc2c(n1)N([C@H](C)CO)C(=O)OC2)c1ccc(CN2CCNCC2)cc1. The Kier molecular flexibility index (Phi) is 6.64. The fraction of sp³-hybridized carbons (Fsp3) is 0.500. The van der Waals surface area contributed by atoms with Crippen molar-refractivity contribution in [2.75, 3.05) is 43.0 Å². The van der Waals surface area contributed by atoms with E-state index in [2.05, 4.69) is 56.7 Å². The summed E-state index contributed by atoms with van der Waals surface area (Å²) in [6, 6.07) is 8.16. The molecule has 1 saturated heterocycles. The summed E-state index contributed by atoms with van der Waals surface area (Å²) in [5.74, 6) is 0.912. The number of nitrogens with one attached hydrogen (secondary N) is 2. The zero-order chi connectivity index (χ0) is 21.8. The predicted molar refractivity (Wildman–Crippen MR) is 118 cm³/mol. The van der Waals surface area contributed by atoms with Gasteiger partial charge in [0, 0.05) is 38.9 Å². The molecule has 31 heavy (non-hydrogen) atoms. The summed E-state index contributed by atoms with van der Waals surface area (Å²) in [7, 11) is 0. The van der Waals surface area contributed by atoms with Crippen molar-refractivity contribution in [3.05, 3.63) is 47.2 Å². The molecule has 2 aliphatic heterocycles. The Morgan fingerprint density at radius 1 is 1.23 bits per heavy atom. The molecule has 0 bridgehead atoms. The van der Waals surface area contributed by atoms with Crippen molar-refractivity contribution >= 4 is 17.9 Å². The molecule has 9 heteroatoms. The Hall–Kier alpha value is -2.75. The number of fused-ring (bicyclic) bond motifs is 1. The van der Waals surface area contributed by atoms with Gasteiger partial charge >= 0.3 is 6.09 Å². The summed E-state index contributed by atoms with van der Waals surface area (Å²) in [6.07, 6.45) is 1.16. The molecule has 0 saturated carbocycles. The standard InChI is InChI=1S/C22H30N6O3/c1-15(13-29)28-20-19(14-31-22(28)30)11-24-21(26-20)25-16(2)18-5-3-17(4-6-18)12-27-9-7-23-8-10-27/h3-6,11,15-16,23,29H,7-10,12-14H2,1-2H3,(H,24,25,26)/t15-,16+/m1/s1. The zero-order valence-corrected chi connectivity index (χ0v) is 18.0. The lowest BCUT2D eigenvalue weighted by Gasteiger charge is -2.31. The molecule has 3 heterocycles. The van der Waals surface area contributed by atoms with Gasteiger partial charge in [-0.1, -0.05) is 24.3 Å². The minimum Gasteiger partial charge on any atom is -0.444 e. The maximum atomic E-state index is 12.2. The van der Waals surface area contributed by atoms with Crippen LogP contribution in [0.4, 0.5) is 16.6 Å². The summed E-state index contributed by atoms with van der Waals surface area (Å²) in [6.45, 7) is 8.96. The number of aliphatic hydroxyl groups excluding tert-OH is 1. The average molecular weight is 427 g/mol. The predicted octanol–water partition coefficient (Wildman–Crippen LogP) is 1.89. The van der Waals surface area contributed by atoms with Gasteiger partial charge < -0.3 is 20.5 Å². The Balaban J connectivity index is 1.44. The van der Waals surface area contributed by atoms with E-state index in [-0.39, 0.29) is 19.3 Å². The first-order valence-electron chi connectivity index (χ1n) is 10.8. The van der Waals surface area contributed by atoms with Crippen LogP contribution in [0.1, 0.15) is 36.6 Å². The van der Waals surface area contributed by atoms with Crippen LogP contribution < -0.4 is 15.5 Å². The first kappa shape index (κ1) is 21.5. The lowest BCUT2D eigenvalue weighted by atomic mass is 10.1. The van der Waals surface area contributed by atoms with E-state index in [1.807, 2.05) is 0 Å². The van der Waals surface area contributed by atoms with Crippen LogP contribution in [0.15, 0.2) is 30.5 Å². The van der Waals surface area contributed by atoms with E-state index in [0.29, 0.717) is 11.8 Å². The average Bonchev–Trinajstić information content (AvgIpc) is 2.79. The van der Waals surface area contributed by atoms with Crippen molar-refractivity contribution in [1.82, 2.24) is 20.2 Å². The third-order valence-electron chi connectivity index (χ3n) is 5.76. The van der Waals surface area contributed by atoms with Gasteiger partial charge in [0.15, 0.2) is 5.82 Å². The van der Waals surface area contributed by atoms with E-state index >= 15 is 0 Å². The van der Waals surface area contributed by atoms with Crippen LogP contribution in [0.5, 0.6) is 0 Å². The summed E-state index contributed by atoms with van der Waals surface area (Å²) in [5.41, 5.74) is 3.15. The zero-order valence-electron chi connectivity index (χ0n) is 18.0. The van der Waals surface area contributed by atoms with E-state index in [0.717, 1.165) is 43.9 Å². The number of cyclic esters (lactones) is 1. The van der Waals surface area contributed by atoms with Crippen molar-refractivity contribution in [2.45, 2.75) is 39.1 Å². The quantitative estimate of drug-likeness (QED) is 0.617. The Morgan fingerprint density at radius 2 is 1.97 bits per heavy atom. The number of ether oxygens (including phenoxy) is 1. The molecule has 2 aliphatic rings. The molecular weight excluding hydrogens is 396 g/mol. The number of aromatic nitrogens is 2. The van der Waals surface area contributed by atoms with Crippen LogP contribution in [0.2, 0.25) is 0 Å². The van der Waals surface area contributed by atoms with Crippen molar-refractivity contribution < 1.29 is 14.6 Å². The van der Waals surface area contributed by atoms with Gasteiger partial charge in [-0.15, -0.1) is 0 Å². The minimum atomic E-state index is -0.508. The fourth-order valence-corrected chi connectivity index (χ4v) is 3.86. The maximum absolute atomic E-state index is 12.2. The van der Waals surface area contributed by atoms with Gasteiger partial charge in [0.2, 0.25) is 5.95 Å². The van der Waals surface area contributed by atoms with Crippen LogP contribution in [-0.4, -0.2) is 64.9 Å². The number of carbonyl (C=O) groups excluding carboxylic acids is 1. The molecule has 2 aromatic rings. The van der Waals surface area contributed by atoms with Gasteiger partial charge in [-0.25, -0.2) is 9.78 Å². The lowest BCUT2D eigenvalue weighted by Crippen LogP contribution is -2.44. The Bertz CT molecular complexity index is 901. The third-order valence-corrected chi connectivity index (χ3v) is 5.76. The topological polar surface area (TPSA) is 103 Å². The molecule has 1 aromatic heterocycles. The van der Waals surface area contributed by atoms with Crippen LogP contribution in [0, 0.1) is 0 Å². The number of hydrogen-bond acceptors (Lipinski definition) is 8. The molecule has 9 nitrogen and oxygen atoms in total. The van der Waals surface area contributed by atoms with Crippen LogP contribution in [0.3, 0.4) is 0 Å². The summed E-state index contributed by atoms with van der Waals surface area (Å²) in [5, 5.41) is 16.2. The second kappa shape index (κ2) is 9.59. The van der Waals surface area contributed by atoms with E-state index < -0.39 is 12.1 Å². The second-order valence-corrected chi connectivity index (χ2v) is 8.13. The molecule has 0 radical (unpaired) electrons. The number of hydrogen-bond donors (Lipinski definition) is 3. The maximum Gasteiger partial charge on any atom is 0.416 e. The van der Waals surface area contributed by atoms with Gasteiger partial charge in [-0.05, 0) is 25.0 Å². The molecule has 2 atom stereocenters. The highest BCUT2D eigenvalue weighted by Gasteiger charge is 2.31. The number of anilines is 2. The fourth-order valence-electron chi connectivity index (χ4n) is 3.86. The number of carbonyl (C=O) groups is 1. The molecule has 166 valence electrons. The Labute approximate surface area is 182 Å². The van der Waals surface area contributed by atoms with Crippen molar-refractivity contribution in [3.8, 4) is 0 Å². The van der Waals surface area contributed by atoms with Crippen LogP contribution >= 0.6 is 0 Å². The smallest absolute Gasteiger partial charge is 0.416 e. The summed E-state index contributed by atoms with van der Waals surface area (Å²) < 4.78 is 5.16. The van der Waals surface area contributed by atoms with E-state index in [4.69, 9.17) is 4.74 Å². The van der Waals surface area contributed by atoms with Gasteiger partial charge in [0.1, 0.15) is 6.61 Å². The molecular formula is C22H30N6O3. The van der Waals surface area contributed by atoms with Crippen molar-refractivity contribution in [3.63, 3.8) is 0 Å². The highest BCUT2D eigenvalue weighted by Crippen LogP contribution is 2.28. The summed E-state index contributed by atoms with van der Waals surface area (Å²) >= 11 is 0. The van der Waals surface area contributed by atoms with Crippen LogP contribution in [-0.2, 0) is 17.9 Å². The highest BCUT2D eigenvalue weighted by atomic mass is 16.6. The number of amides is 1. The summed E-state index contributed by atoms with van der Waals surface area (Å²) in [4.78, 5) is 25.0. The molecule has 0 spiro atoms. The second-order valence-electron chi connectivity index (χ2n) is 8.13. The number of rotatable bonds is 7. The van der Waals surface area contributed by atoms with E-state index in [1.54, 1.807) is 13.1 Å². The monoisotopic (exact) mass is 426 g/mol. The minimum absolute atomic E-state index is 0.00876. The molecule has 0 unspecified atom stereocenters. The van der Waals surface area contributed by atoms with Gasteiger partial charge in [0.25, 0.3) is 0 Å². The van der Waals surface area contributed by atoms with E-state index in [9.17, 15) is 9.90 Å². The van der Waals surface area contributed by atoms with Gasteiger partial charge in [0.05, 0.1) is 24.3 Å².